The summed E-state index contributed by atoms with van der Waals surface area (Å²) < 4.78 is 13.1. The second-order valence-corrected chi connectivity index (χ2v) is 4.35. The average Bonchev–Trinajstić information content (AvgIpc) is 2.25. The van der Waals surface area contributed by atoms with Crippen LogP contribution in [0.4, 0.5) is 10.1 Å². The molecule has 0 heterocycles. The Labute approximate surface area is 109 Å². The van der Waals surface area contributed by atoms with E-state index >= 15 is 0 Å². The molecule has 1 aromatic carbocycles. The summed E-state index contributed by atoms with van der Waals surface area (Å²) in [5, 5.41) is 11.4. The van der Waals surface area contributed by atoms with E-state index in [-0.39, 0.29) is 16.5 Å². The van der Waals surface area contributed by atoms with Crippen LogP contribution in [0.1, 0.15) is 19.3 Å². The number of hydrogen-bond acceptors (Lipinski definition) is 2. The first-order chi connectivity index (χ1) is 8.00. The molecule has 0 unspecified atom stereocenters. The zero-order valence-electron chi connectivity index (χ0n) is 8.97. The third-order valence-electron chi connectivity index (χ3n) is 2.13. The molecule has 0 saturated carbocycles. The quantitative estimate of drug-likeness (QED) is 0.615. The van der Waals surface area contributed by atoms with Crippen LogP contribution < -0.4 is 5.32 Å². The molecule has 6 heteroatoms. The fourth-order valence-corrected chi connectivity index (χ4v) is 1.78. The van der Waals surface area contributed by atoms with Crippen LogP contribution in [-0.2, 0) is 4.79 Å². The van der Waals surface area contributed by atoms with Crippen molar-refractivity contribution in [2.24, 2.45) is 0 Å². The van der Waals surface area contributed by atoms with Crippen LogP contribution in [0.3, 0.4) is 0 Å². The maximum atomic E-state index is 13.1. The van der Waals surface area contributed by atoms with E-state index in [2.05, 4.69) is 5.32 Å². The summed E-state index contributed by atoms with van der Waals surface area (Å²) in [7, 11) is 0. The van der Waals surface area contributed by atoms with Gasteiger partial charge >= 0.3 is 5.97 Å². The fourth-order valence-electron chi connectivity index (χ4n) is 1.29. The number of unbranched alkanes of at least 4 members (excludes halogenated alkanes) is 1. The van der Waals surface area contributed by atoms with Gasteiger partial charge in [0.25, 0.3) is 0 Å². The van der Waals surface area contributed by atoms with E-state index < -0.39 is 11.8 Å². The molecule has 0 amide bonds. The molecule has 0 aliphatic carbocycles. The Hall–Kier alpha value is -1.00. The molecule has 2 N–H and O–H groups in total. The summed E-state index contributed by atoms with van der Waals surface area (Å²) in [5.41, 5.74) is 0.622. The SMILES string of the molecule is O=C(O)CCCCNc1cc(Cl)c(F)c(Cl)c1. The molecule has 0 aliphatic heterocycles. The van der Waals surface area contributed by atoms with Gasteiger partial charge in [-0.1, -0.05) is 23.2 Å². The lowest BCUT2D eigenvalue weighted by atomic mass is 10.2. The largest absolute Gasteiger partial charge is 0.481 e. The lowest BCUT2D eigenvalue weighted by Gasteiger charge is -2.07. The van der Waals surface area contributed by atoms with Crippen molar-refractivity contribution < 1.29 is 14.3 Å². The van der Waals surface area contributed by atoms with E-state index in [1.165, 1.54) is 12.1 Å². The number of benzene rings is 1. The Morgan fingerprint density at radius 2 is 1.88 bits per heavy atom. The maximum Gasteiger partial charge on any atom is 0.303 e. The molecule has 0 bridgehead atoms. The van der Waals surface area contributed by atoms with E-state index in [0.717, 1.165) is 0 Å². The lowest BCUT2D eigenvalue weighted by molar-refractivity contribution is -0.137. The summed E-state index contributed by atoms with van der Waals surface area (Å²) in [6.45, 7) is 0.589. The second kappa shape index (κ2) is 6.67. The molecule has 0 saturated heterocycles. The van der Waals surface area contributed by atoms with Gasteiger partial charge in [-0.05, 0) is 25.0 Å². The van der Waals surface area contributed by atoms with Crippen molar-refractivity contribution in [3.63, 3.8) is 0 Å². The molecule has 0 spiro atoms. The molecule has 1 aromatic rings. The molecule has 3 nitrogen and oxygen atoms in total. The summed E-state index contributed by atoms with van der Waals surface area (Å²) in [5.74, 6) is -1.44. The molecular formula is C11H12Cl2FNO2. The molecule has 0 aliphatic rings. The van der Waals surface area contributed by atoms with E-state index in [1.807, 2.05) is 0 Å². The highest BCUT2D eigenvalue weighted by atomic mass is 35.5. The minimum absolute atomic E-state index is 0.0365. The van der Waals surface area contributed by atoms with E-state index in [0.29, 0.717) is 25.1 Å². The molecular weight excluding hydrogens is 268 g/mol. The average molecular weight is 280 g/mol. The van der Waals surface area contributed by atoms with Crippen LogP contribution in [0, 0.1) is 5.82 Å². The van der Waals surface area contributed by atoms with Crippen LogP contribution >= 0.6 is 23.2 Å². The summed E-state index contributed by atoms with van der Waals surface area (Å²) >= 11 is 11.2. The topological polar surface area (TPSA) is 49.3 Å². The van der Waals surface area contributed by atoms with E-state index in [9.17, 15) is 9.18 Å². The highest BCUT2D eigenvalue weighted by molar-refractivity contribution is 6.35. The number of carboxylic acid groups (broad SMARTS) is 1. The third kappa shape index (κ3) is 4.79. The summed E-state index contributed by atoms with van der Waals surface area (Å²) in [4.78, 5) is 10.3. The first kappa shape index (κ1) is 14.1. The fraction of sp³-hybridized carbons (Fsp3) is 0.364. The highest BCUT2D eigenvalue weighted by Crippen LogP contribution is 2.27. The van der Waals surface area contributed by atoms with Crippen molar-refractivity contribution in [3.8, 4) is 0 Å². The van der Waals surface area contributed by atoms with Crippen molar-refractivity contribution in [1.82, 2.24) is 0 Å². The molecule has 17 heavy (non-hydrogen) atoms. The van der Waals surface area contributed by atoms with Gasteiger partial charge in [0.1, 0.15) is 0 Å². The first-order valence-electron chi connectivity index (χ1n) is 5.11. The second-order valence-electron chi connectivity index (χ2n) is 3.53. The molecule has 0 atom stereocenters. The van der Waals surface area contributed by atoms with Crippen molar-refractivity contribution in [3.05, 3.63) is 28.0 Å². The van der Waals surface area contributed by atoms with Crippen molar-refractivity contribution in [2.45, 2.75) is 19.3 Å². The van der Waals surface area contributed by atoms with Gasteiger partial charge in [0.15, 0.2) is 5.82 Å². The normalized spacial score (nSPS) is 10.3. The van der Waals surface area contributed by atoms with Gasteiger partial charge in [-0.2, -0.15) is 0 Å². The Morgan fingerprint density at radius 1 is 1.29 bits per heavy atom. The standard InChI is InChI=1S/C11H12Cl2FNO2/c12-8-5-7(6-9(13)11(8)14)15-4-2-1-3-10(16)17/h5-6,15H,1-4H2,(H,16,17). The number of aliphatic carboxylic acids is 1. The number of nitrogens with one attached hydrogen (secondary N) is 1. The predicted octanol–water partition coefficient (Wildman–Crippen LogP) is 3.80. The third-order valence-corrected chi connectivity index (χ3v) is 2.68. The van der Waals surface area contributed by atoms with Crippen LogP contribution in [0.15, 0.2) is 12.1 Å². The van der Waals surface area contributed by atoms with Crippen molar-refractivity contribution in [1.29, 1.82) is 0 Å². The van der Waals surface area contributed by atoms with Crippen molar-refractivity contribution >= 4 is 34.9 Å². The lowest BCUT2D eigenvalue weighted by Crippen LogP contribution is -2.03. The van der Waals surface area contributed by atoms with Crippen molar-refractivity contribution in [2.75, 3.05) is 11.9 Å². The number of anilines is 1. The van der Waals surface area contributed by atoms with Gasteiger partial charge in [-0.3, -0.25) is 4.79 Å². The van der Waals surface area contributed by atoms with E-state index in [4.69, 9.17) is 28.3 Å². The first-order valence-corrected chi connectivity index (χ1v) is 5.86. The number of halogens is 3. The molecule has 94 valence electrons. The van der Waals surface area contributed by atoms with Gasteiger partial charge in [-0.15, -0.1) is 0 Å². The van der Waals surface area contributed by atoms with Crippen LogP contribution in [0.5, 0.6) is 0 Å². The molecule has 0 fully saturated rings. The zero-order valence-corrected chi connectivity index (χ0v) is 10.5. The highest BCUT2D eigenvalue weighted by Gasteiger charge is 2.07. The van der Waals surface area contributed by atoms with Gasteiger partial charge in [-0.25, -0.2) is 4.39 Å². The maximum absolute atomic E-state index is 13.1. The number of carboxylic acids is 1. The van der Waals surface area contributed by atoms with Gasteiger partial charge in [0.2, 0.25) is 0 Å². The predicted molar refractivity (Wildman–Crippen MR) is 66.4 cm³/mol. The molecule has 0 aromatic heterocycles. The minimum Gasteiger partial charge on any atom is -0.481 e. The monoisotopic (exact) mass is 279 g/mol. The molecule has 0 radical (unpaired) electrons. The van der Waals surface area contributed by atoms with Gasteiger partial charge < -0.3 is 10.4 Å². The van der Waals surface area contributed by atoms with Gasteiger partial charge in [0, 0.05) is 18.7 Å². The van der Waals surface area contributed by atoms with Crippen LogP contribution in [-0.4, -0.2) is 17.6 Å². The minimum atomic E-state index is -0.808. The number of carbonyl (C=O) groups is 1. The Kier molecular flexibility index (Phi) is 5.51. The number of hydrogen-bond donors (Lipinski definition) is 2. The Balaban J connectivity index is 2.39. The summed E-state index contributed by atoms with van der Waals surface area (Å²) in [6.07, 6.45) is 1.44. The molecule has 1 rings (SSSR count). The van der Waals surface area contributed by atoms with Gasteiger partial charge in [0.05, 0.1) is 10.0 Å². The van der Waals surface area contributed by atoms with Crippen LogP contribution in [0.25, 0.3) is 0 Å². The Bertz CT molecular complexity index is 389. The number of rotatable bonds is 6. The van der Waals surface area contributed by atoms with E-state index in [1.54, 1.807) is 0 Å². The summed E-state index contributed by atoms with van der Waals surface area (Å²) in [6, 6.07) is 2.89. The smallest absolute Gasteiger partial charge is 0.303 e. The Morgan fingerprint density at radius 3 is 2.41 bits per heavy atom. The zero-order chi connectivity index (χ0) is 12.8. The van der Waals surface area contributed by atoms with Crippen LogP contribution in [0.2, 0.25) is 10.0 Å².